The Hall–Kier alpha value is -2.07. The van der Waals surface area contributed by atoms with Crippen LogP contribution >= 0.6 is 12.6 Å². The van der Waals surface area contributed by atoms with E-state index in [9.17, 15) is 4.79 Å². The van der Waals surface area contributed by atoms with Gasteiger partial charge in [0.15, 0.2) is 0 Å². The SMILES string of the molecule is Cc1ccc2c(=O)n(-c3ccc(S)cc3)c(C)nc2c1. The van der Waals surface area contributed by atoms with E-state index < -0.39 is 0 Å². The van der Waals surface area contributed by atoms with Gasteiger partial charge in [-0.25, -0.2) is 4.98 Å². The van der Waals surface area contributed by atoms with Crippen molar-refractivity contribution in [2.24, 2.45) is 0 Å². The molecule has 20 heavy (non-hydrogen) atoms. The lowest BCUT2D eigenvalue weighted by Crippen LogP contribution is -2.22. The zero-order valence-corrected chi connectivity index (χ0v) is 12.2. The lowest BCUT2D eigenvalue weighted by atomic mass is 10.1. The minimum Gasteiger partial charge on any atom is -0.268 e. The van der Waals surface area contributed by atoms with E-state index in [-0.39, 0.29) is 5.56 Å². The van der Waals surface area contributed by atoms with Gasteiger partial charge in [0.25, 0.3) is 5.56 Å². The highest BCUT2D eigenvalue weighted by Gasteiger charge is 2.09. The molecule has 0 aliphatic heterocycles. The number of fused-ring (bicyclic) bond motifs is 1. The van der Waals surface area contributed by atoms with Gasteiger partial charge in [-0.3, -0.25) is 9.36 Å². The van der Waals surface area contributed by atoms with Gasteiger partial charge in [-0.2, -0.15) is 0 Å². The predicted octanol–water partition coefficient (Wildman–Crippen LogP) is 3.29. The molecule has 0 unspecified atom stereocenters. The molecule has 0 bridgehead atoms. The van der Waals surface area contributed by atoms with Gasteiger partial charge in [0.2, 0.25) is 0 Å². The Balaban J connectivity index is 2.34. The van der Waals surface area contributed by atoms with Crippen LogP contribution < -0.4 is 5.56 Å². The fraction of sp³-hybridized carbons (Fsp3) is 0.125. The number of aromatic nitrogens is 2. The Morgan fingerprint density at radius 1 is 1.05 bits per heavy atom. The average Bonchev–Trinajstić information content (AvgIpc) is 2.40. The van der Waals surface area contributed by atoms with Gasteiger partial charge in [0.1, 0.15) is 5.82 Å². The summed E-state index contributed by atoms with van der Waals surface area (Å²) in [6.45, 7) is 3.84. The Labute approximate surface area is 122 Å². The van der Waals surface area contributed by atoms with E-state index in [4.69, 9.17) is 0 Å². The summed E-state index contributed by atoms with van der Waals surface area (Å²) in [6, 6.07) is 13.2. The van der Waals surface area contributed by atoms with Crippen molar-refractivity contribution in [2.75, 3.05) is 0 Å². The first-order valence-corrected chi connectivity index (χ1v) is 6.80. The summed E-state index contributed by atoms with van der Waals surface area (Å²) in [4.78, 5) is 18.1. The average molecular weight is 282 g/mol. The van der Waals surface area contributed by atoms with E-state index in [1.807, 2.05) is 56.3 Å². The zero-order chi connectivity index (χ0) is 14.3. The molecule has 2 aromatic carbocycles. The van der Waals surface area contributed by atoms with Gasteiger partial charge < -0.3 is 0 Å². The van der Waals surface area contributed by atoms with Crippen LogP contribution in [-0.4, -0.2) is 9.55 Å². The maximum absolute atomic E-state index is 12.6. The molecule has 1 aromatic heterocycles. The van der Waals surface area contributed by atoms with Crippen LogP contribution in [0.4, 0.5) is 0 Å². The van der Waals surface area contributed by atoms with Crippen molar-refractivity contribution >= 4 is 23.5 Å². The van der Waals surface area contributed by atoms with Crippen molar-refractivity contribution in [3.63, 3.8) is 0 Å². The summed E-state index contributed by atoms with van der Waals surface area (Å²) in [7, 11) is 0. The van der Waals surface area contributed by atoms with Crippen LogP contribution in [0.2, 0.25) is 0 Å². The predicted molar refractivity (Wildman–Crippen MR) is 84.1 cm³/mol. The molecule has 4 heteroatoms. The lowest BCUT2D eigenvalue weighted by molar-refractivity contribution is 0.893. The highest BCUT2D eigenvalue weighted by molar-refractivity contribution is 7.80. The molecule has 0 aliphatic rings. The first kappa shape index (κ1) is 12.9. The Morgan fingerprint density at radius 3 is 2.45 bits per heavy atom. The number of rotatable bonds is 1. The van der Waals surface area contributed by atoms with Crippen molar-refractivity contribution in [2.45, 2.75) is 18.7 Å². The summed E-state index contributed by atoms with van der Waals surface area (Å²) in [6.07, 6.45) is 0. The van der Waals surface area contributed by atoms with E-state index in [0.29, 0.717) is 11.2 Å². The summed E-state index contributed by atoms with van der Waals surface area (Å²) in [5.41, 5.74) is 2.61. The molecular weight excluding hydrogens is 268 g/mol. The van der Waals surface area contributed by atoms with E-state index in [1.54, 1.807) is 4.57 Å². The smallest absolute Gasteiger partial charge is 0.265 e. The molecule has 100 valence electrons. The second kappa shape index (κ2) is 4.80. The molecule has 3 aromatic rings. The zero-order valence-electron chi connectivity index (χ0n) is 11.3. The van der Waals surface area contributed by atoms with Crippen molar-refractivity contribution < 1.29 is 0 Å². The van der Waals surface area contributed by atoms with Crippen molar-refractivity contribution in [1.82, 2.24) is 9.55 Å². The number of thiol groups is 1. The number of aryl methyl sites for hydroxylation is 2. The lowest BCUT2D eigenvalue weighted by Gasteiger charge is -2.11. The molecule has 0 fully saturated rings. The van der Waals surface area contributed by atoms with Gasteiger partial charge >= 0.3 is 0 Å². The Kier molecular flexibility index (Phi) is 3.10. The van der Waals surface area contributed by atoms with Gasteiger partial charge in [0, 0.05) is 4.90 Å². The summed E-state index contributed by atoms with van der Waals surface area (Å²) in [5, 5.41) is 0.635. The van der Waals surface area contributed by atoms with Crippen LogP contribution in [0.1, 0.15) is 11.4 Å². The largest absolute Gasteiger partial charge is 0.268 e. The molecule has 0 saturated heterocycles. The summed E-state index contributed by atoms with van der Waals surface area (Å²) in [5.74, 6) is 0.681. The van der Waals surface area contributed by atoms with Crippen molar-refractivity contribution in [3.8, 4) is 5.69 Å². The third-order valence-electron chi connectivity index (χ3n) is 3.30. The molecule has 1 heterocycles. The number of hydrogen-bond donors (Lipinski definition) is 1. The molecule has 0 N–H and O–H groups in total. The maximum atomic E-state index is 12.6. The number of benzene rings is 2. The molecule has 0 atom stereocenters. The van der Waals surface area contributed by atoms with Crippen LogP contribution in [-0.2, 0) is 0 Å². The molecule has 0 aliphatic carbocycles. The van der Waals surface area contributed by atoms with Crippen LogP contribution in [0.3, 0.4) is 0 Å². The molecule has 0 radical (unpaired) electrons. The third kappa shape index (κ3) is 2.12. The molecule has 3 nitrogen and oxygen atoms in total. The summed E-state index contributed by atoms with van der Waals surface area (Å²) >= 11 is 4.26. The Bertz CT molecular complexity index is 851. The fourth-order valence-electron chi connectivity index (χ4n) is 2.31. The van der Waals surface area contributed by atoms with E-state index in [1.165, 1.54) is 0 Å². The second-order valence-electron chi connectivity index (χ2n) is 4.84. The number of nitrogens with zero attached hydrogens (tertiary/aromatic N) is 2. The van der Waals surface area contributed by atoms with Crippen LogP contribution in [0, 0.1) is 13.8 Å². The van der Waals surface area contributed by atoms with E-state index in [0.717, 1.165) is 21.7 Å². The molecular formula is C16H14N2OS. The Morgan fingerprint density at radius 2 is 1.75 bits per heavy atom. The van der Waals surface area contributed by atoms with Crippen LogP contribution in [0.25, 0.3) is 16.6 Å². The maximum Gasteiger partial charge on any atom is 0.265 e. The minimum absolute atomic E-state index is 0.0422. The standard InChI is InChI=1S/C16H14N2OS/c1-10-3-8-14-15(9-10)17-11(2)18(16(14)19)12-4-6-13(20)7-5-12/h3-9,20H,1-2H3. The third-order valence-corrected chi connectivity index (χ3v) is 3.60. The molecule has 0 saturated carbocycles. The topological polar surface area (TPSA) is 34.9 Å². The number of hydrogen-bond acceptors (Lipinski definition) is 3. The quantitative estimate of drug-likeness (QED) is 0.695. The van der Waals surface area contributed by atoms with Crippen LogP contribution in [0.15, 0.2) is 52.2 Å². The first-order valence-electron chi connectivity index (χ1n) is 6.36. The highest BCUT2D eigenvalue weighted by atomic mass is 32.1. The van der Waals surface area contributed by atoms with Gasteiger partial charge in [-0.1, -0.05) is 6.07 Å². The highest BCUT2D eigenvalue weighted by Crippen LogP contribution is 2.15. The minimum atomic E-state index is -0.0422. The van der Waals surface area contributed by atoms with Gasteiger partial charge in [-0.05, 0) is 55.8 Å². The normalized spacial score (nSPS) is 10.9. The van der Waals surface area contributed by atoms with Gasteiger partial charge in [-0.15, -0.1) is 12.6 Å². The molecule has 0 amide bonds. The summed E-state index contributed by atoms with van der Waals surface area (Å²) < 4.78 is 1.63. The van der Waals surface area contributed by atoms with Crippen LogP contribution in [0.5, 0.6) is 0 Å². The van der Waals surface area contributed by atoms with E-state index >= 15 is 0 Å². The van der Waals surface area contributed by atoms with E-state index in [2.05, 4.69) is 17.6 Å². The fourth-order valence-corrected chi connectivity index (χ4v) is 2.46. The van der Waals surface area contributed by atoms with Crippen molar-refractivity contribution in [1.29, 1.82) is 0 Å². The first-order chi connectivity index (χ1) is 9.56. The van der Waals surface area contributed by atoms with Crippen molar-refractivity contribution in [3.05, 3.63) is 64.2 Å². The molecule has 0 spiro atoms. The monoisotopic (exact) mass is 282 g/mol. The molecule has 3 rings (SSSR count). The second-order valence-corrected chi connectivity index (χ2v) is 5.35. The van der Waals surface area contributed by atoms with Gasteiger partial charge in [0.05, 0.1) is 16.6 Å².